The number of hydrogen-bond acceptors (Lipinski definition) is 4. The van der Waals surface area contributed by atoms with Gasteiger partial charge >= 0.3 is 0 Å². The molecule has 21 heavy (non-hydrogen) atoms. The van der Waals surface area contributed by atoms with E-state index < -0.39 is 10.0 Å². The monoisotopic (exact) mass is 344 g/mol. The molecule has 0 unspecified atom stereocenters. The van der Waals surface area contributed by atoms with E-state index in [1.54, 1.807) is 18.2 Å². The molecule has 0 radical (unpaired) electrons. The molecule has 2 rings (SSSR count). The molecule has 8 heteroatoms. The van der Waals surface area contributed by atoms with Gasteiger partial charge in [0.25, 0.3) is 10.0 Å². The number of nitrogens with zero attached hydrogens (tertiary/aromatic N) is 1. The highest BCUT2D eigenvalue weighted by molar-refractivity contribution is 7.89. The van der Waals surface area contributed by atoms with Crippen LogP contribution < -0.4 is 4.83 Å². The summed E-state index contributed by atoms with van der Waals surface area (Å²) < 4.78 is 24.1. The van der Waals surface area contributed by atoms with Gasteiger partial charge in [-0.15, -0.1) is 0 Å². The first-order chi connectivity index (χ1) is 9.90. The molecule has 0 saturated heterocycles. The summed E-state index contributed by atoms with van der Waals surface area (Å²) in [6.45, 7) is 0. The standard InChI is InChI=1S/C13H10Cl2N2O3S/c14-10-5-6-11(15)13(7-10)21(19,20)17-16-8-9-3-1-2-4-12(9)18/h1-8,17-18H/b16-8+. The van der Waals surface area contributed by atoms with Crippen molar-refractivity contribution in [2.75, 3.05) is 0 Å². The van der Waals surface area contributed by atoms with Gasteiger partial charge < -0.3 is 5.11 Å². The predicted molar refractivity (Wildman–Crippen MR) is 82.5 cm³/mol. The van der Waals surface area contributed by atoms with Crippen LogP contribution in [0.25, 0.3) is 0 Å². The number of rotatable bonds is 4. The average molecular weight is 345 g/mol. The van der Waals surface area contributed by atoms with Crippen LogP contribution in [0.5, 0.6) is 5.75 Å². The third kappa shape index (κ3) is 3.87. The minimum absolute atomic E-state index is 0.0127. The topological polar surface area (TPSA) is 78.8 Å². The van der Waals surface area contributed by atoms with Crippen LogP contribution in [0.2, 0.25) is 10.0 Å². The van der Waals surface area contributed by atoms with Crippen molar-refractivity contribution < 1.29 is 13.5 Å². The van der Waals surface area contributed by atoms with Crippen LogP contribution in [-0.4, -0.2) is 19.7 Å². The number of hydrogen-bond donors (Lipinski definition) is 2. The number of sulfonamides is 1. The lowest BCUT2D eigenvalue weighted by molar-refractivity contribution is 0.474. The van der Waals surface area contributed by atoms with Crippen LogP contribution in [0.3, 0.4) is 0 Å². The lowest BCUT2D eigenvalue weighted by Crippen LogP contribution is -2.18. The van der Waals surface area contributed by atoms with Crippen molar-refractivity contribution in [2.24, 2.45) is 5.10 Å². The largest absolute Gasteiger partial charge is 0.507 e. The second-order valence-corrected chi connectivity index (χ2v) is 6.46. The highest BCUT2D eigenvalue weighted by atomic mass is 35.5. The van der Waals surface area contributed by atoms with Gasteiger partial charge in [0.15, 0.2) is 0 Å². The minimum atomic E-state index is -3.94. The van der Waals surface area contributed by atoms with Gasteiger partial charge in [0, 0.05) is 10.6 Å². The van der Waals surface area contributed by atoms with E-state index in [-0.39, 0.29) is 20.7 Å². The Morgan fingerprint density at radius 1 is 1.14 bits per heavy atom. The summed E-state index contributed by atoms with van der Waals surface area (Å²) in [5.74, 6) is -0.0127. The van der Waals surface area contributed by atoms with Gasteiger partial charge in [-0.25, -0.2) is 4.83 Å². The maximum atomic E-state index is 12.0. The quantitative estimate of drug-likeness (QED) is 0.660. The van der Waals surface area contributed by atoms with Crippen molar-refractivity contribution in [3.8, 4) is 5.75 Å². The first-order valence-corrected chi connectivity index (χ1v) is 7.92. The van der Waals surface area contributed by atoms with Crippen LogP contribution in [0.15, 0.2) is 52.5 Å². The lowest BCUT2D eigenvalue weighted by Gasteiger charge is -2.06. The second-order valence-electron chi connectivity index (χ2n) is 3.99. The molecule has 110 valence electrons. The first-order valence-electron chi connectivity index (χ1n) is 5.68. The van der Waals surface area contributed by atoms with Gasteiger partial charge in [0.1, 0.15) is 10.6 Å². The maximum absolute atomic E-state index is 12.0. The van der Waals surface area contributed by atoms with Gasteiger partial charge in [0.05, 0.1) is 11.2 Å². The molecule has 2 N–H and O–H groups in total. The van der Waals surface area contributed by atoms with Crippen LogP contribution in [0.1, 0.15) is 5.56 Å². The van der Waals surface area contributed by atoms with E-state index in [0.717, 1.165) is 0 Å². The smallest absolute Gasteiger partial charge is 0.278 e. The Morgan fingerprint density at radius 2 is 1.86 bits per heavy atom. The molecule has 2 aromatic rings. The molecule has 0 spiro atoms. The molecule has 2 aromatic carbocycles. The fourth-order valence-electron chi connectivity index (χ4n) is 1.49. The van der Waals surface area contributed by atoms with E-state index in [1.807, 2.05) is 4.83 Å². The number of phenolic OH excluding ortho intramolecular Hbond substituents is 1. The minimum Gasteiger partial charge on any atom is -0.507 e. The number of nitrogens with one attached hydrogen (secondary N) is 1. The van der Waals surface area contributed by atoms with Gasteiger partial charge in [-0.3, -0.25) is 0 Å². The summed E-state index contributed by atoms with van der Waals surface area (Å²) in [5, 5.41) is 13.4. The summed E-state index contributed by atoms with van der Waals surface area (Å²) in [4.78, 5) is 1.83. The van der Waals surface area contributed by atoms with Crippen molar-refractivity contribution >= 4 is 39.4 Å². The Kier molecular flexibility index (Phi) is 4.72. The van der Waals surface area contributed by atoms with E-state index in [0.29, 0.717) is 5.56 Å². The normalized spacial score (nSPS) is 11.7. The summed E-state index contributed by atoms with van der Waals surface area (Å²) in [6, 6.07) is 10.5. The number of halogens is 2. The second kappa shape index (κ2) is 6.34. The van der Waals surface area contributed by atoms with E-state index in [2.05, 4.69) is 5.10 Å². The van der Waals surface area contributed by atoms with Crippen molar-refractivity contribution in [2.45, 2.75) is 4.90 Å². The Morgan fingerprint density at radius 3 is 2.57 bits per heavy atom. The SMILES string of the molecule is O=S(=O)(N/N=C/c1ccccc1O)c1cc(Cl)ccc1Cl. The van der Waals surface area contributed by atoms with E-state index in [4.69, 9.17) is 23.2 Å². The average Bonchev–Trinajstić information content (AvgIpc) is 2.43. The molecule has 0 fully saturated rings. The van der Waals surface area contributed by atoms with E-state index >= 15 is 0 Å². The van der Waals surface area contributed by atoms with Crippen molar-refractivity contribution in [3.63, 3.8) is 0 Å². The van der Waals surface area contributed by atoms with E-state index in [1.165, 1.54) is 30.5 Å². The van der Waals surface area contributed by atoms with Crippen molar-refractivity contribution in [1.82, 2.24) is 4.83 Å². The lowest BCUT2D eigenvalue weighted by atomic mass is 10.2. The molecule has 0 bridgehead atoms. The predicted octanol–water partition coefficient (Wildman–Crippen LogP) is 3.01. The molecule has 0 amide bonds. The molecular weight excluding hydrogens is 335 g/mol. The Bertz CT molecular complexity index is 792. The molecule has 5 nitrogen and oxygen atoms in total. The first kappa shape index (κ1) is 15.6. The summed E-state index contributed by atoms with van der Waals surface area (Å²) in [6.07, 6.45) is 1.19. The maximum Gasteiger partial charge on any atom is 0.278 e. The molecule has 0 saturated carbocycles. The fourth-order valence-corrected chi connectivity index (χ4v) is 3.05. The Balaban J connectivity index is 2.23. The number of para-hydroxylation sites is 1. The number of hydrazone groups is 1. The van der Waals surface area contributed by atoms with Crippen LogP contribution in [0.4, 0.5) is 0 Å². The van der Waals surface area contributed by atoms with Crippen molar-refractivity contribution in [1.29, 1.82) is 0 Å². The van der Waals surface area contributed by atoms with Crippen molar-refractivity contribution in [3.05, 3.63) is 58.1 Å². The number of phenols is 1. The third-order valence-corrected chi connectivity index (χ3v) is 4.44. The molecule has 0 atom stereocenters. The highest BCUT2D eigenvalue weighted by Crippen LogP contribution is 2.24. The molecule has 0 aromatic heterocycles. The Hall–Kier alpha value is -1.76. The van der Waals surface area contributed by atoms with Crippen LogP contribution in [-0.2, 0) is 10.0 Å². The number of benzene rings is 2. The zero-order valence-electron chi connectivity index (χ0n) is 10.5. The van der Waals surface area contributed by atoms with Gasteiger partial charge in [0.2, 0.25) is 0 Å². The van der Waals surface area contributed by atoms with Gasteiger partial charge in [-0.1, -0.05) is 35.3 Å². The molecule has 0 aliphatic carbocycles. The van der Waals surface area contributed by atoms with Gasteiger partial charge in [-0.2, -0.15) is 13.5 Å². The summed E-state index contributed by atoms with van der Waals surface area (Å²) in [5.41, 5.74) is 0.373. The van der Waals surface area contributed by atoms with E-state index in [9.17, 15) is 13.5 Å². The fraction of sp³-hybridized carbons (Fsp3) is 0. The van der Waals surface area contributed by atoms with Crippen LogP contribution >= 0.6 is 23.2 Å². The summed E-state index contributed by atoms with van der Waals surface area (Å²) in [7, 11) is -3.94. The summed E-state index contributed by atoms with van der Waals surface area (Å²) >= 11 is 11.6. The molecule has 0 heterocycles. The zero-order valence-corrected chi connectivity index (χ0v) is 12.8. The Labute approximate surface area is 131 Å². The third-order valence-electron chi connectivity index (χ3n) is 2.50. The molecule has 0 aliphatic rings. The highest BCUT2D eigenvalue weighted by Gasteiger charge is 2.17. The van der Waals surface area contributed by atoms with Gasteiger partial charge in [-0.05, 0) is 30.3 Å². The number of aromatic hydroxyl groups is 1. The molecular formula is C13H10Cl2N2O3S. The zero-order chi connectivity index (χ0) is 15.5. The molecule has 0 aliphatic heterocycles. The van der Waals surface area contributed by atoms with Crippen LogP contribution in [0, 0.1) is 0 Å².